The minimum absolute atomic E-state index is 0.0360. The zero-order chi connectivity index (χ0) is 27.4. The number of Topliss-reactive ketones (excluding diaryl/α,β-unsaturated/α-hetero) is 1. The van der Waals surface area contributed by atoms with E-state index in [1.165, 1.54) is 0 Å². The molecule has 4 aliphatic rings. The van der Waals surface area contributed by atoms with E-state index in [4.69, 9.17) is 0 Å². The van der Waals surface area contributed by atoms with Gasteiger partial charge in [0, 0.05) is 29.2 Å². The van der Waals surface area contributed by atoms with Gasteiger partial charge in [-0.05, 0) is 72.1 Å². The van der Waals surface area contributed by atoms with Crippen LogP contribution in [0.1, 0.15) is 69.5 Å². The first-order valence-electron chi connectivity index (χ1n) is 14.3. The Bertz CT molecular complexity index is 1320. The van der Waals surface area contributed by atoms with Crippen molar-refractivity contribution in [2.24, 2.45) is 34.5 Å². The predicted molar refractivity (Wildman–Crippen MR) is 150 cm³/mol. The summed E-state index contributed by atoms with van der Waals surface area (Å²) in [6.45, 7) is 4.34. The fourth-order valence-electron chi connectivity index (χ4n) is 8.65. The van der Waals surface area contributed by atoms with Crippen LogP contribution < -0.4 is 5.32 Å². The molecule has 0 aromatic heterocycles. The Labute approximate surface area is 230 Å². The number of amides is 1. The van der Waals surface area contributed by atoms with Crippen LogP contribution in [0.5, 0.6) is 0 Å². The molecule has 0 saturated heterocycles. The number of carboxylic acids is 1. The van der Waals surface area contributed by atoms with Crippen molar-refractivity contribution in [1.82, 2.24) is 5.32 Å². The number of rotatable bonds is 5. The van der Waals surface area contributed by atoms with E-state index >= 15 is 0 Å². The van der Waals surface area contributed by atoms with Gasteiger partial charge in [-0.25, -0.2) is 4.79 Å². The molecular weight excluding hydrogens is 486 g/mol. The molecule has 0 radical (unpaired) electrons. The number of allylic oxidation sites excluding steroid dienone is 3. The van der Waals surface area contributed by atoms with E-state index in [1.807, 2.05) is 66.7 Å². The zero-order valence-corrected chi connectivity index (χ0v) is 22.7. The minimum atomic E-state index is -0.864. The lowest BCUT2D eigenvalue weighted by Crippen LogP contribution is -2.55. The summed E-state index contributed by atoms with van der Waals surface area (Å²) in [6.07, 6.45) is 8.11. The highest BCUT2D eigenvalue weighted by molar-refractivity contribution is 5.90. The largest absolute Gasteiger partial charge is 0.478 e. The fraction of sp³-hybridized carbons (Fsp3) is 0.441. The van der Waals surface area contributed by atoms with Gasteiger partial charge in [0.05, 0.1) is 6.04 Å². The molecule has 5 nitrogen and oxygen atoms in total. The Kier molecular flexibility index (Phi) is 6.36. The first kappa shape index (κ1) is 25.8. The highest BCUT2D eigenvalue weighted by atomic mass is 16.4. The first-order chi connectivity index (χ1) is 18.7. The Morgan fingerprint density at radius 2 is 1.62 bits per heavy atom. The number of hydrogen-bond acceptors (Lipinski definition) is 3. The standard InChI is InChI=1S/C34H37NO4/c1-33-18-17-23(32(38)39)19-24(33)13-14-25-26-15-16-27(34(26,2)20-28(36)29(25)33)31(37)35-30(21-9-5-3-6-10-21)22-11-7-4-8-12-22/h3-13,19,25-27,29-30H,14-18,20H2,1-2H3,(H,35,37)(H,38,39)/t25-,26-,27+,29+,33-,34-/m0/s1. The molecule has 0 spiro atoms. The topological polar surface area (TPSA) is 83.5 Å². The molecular formula is C34H37NO4. The molecule has 0 bridgehead atoms. The number of hydrogen-bond donors (Lipinski definition) is 2. The molecule has 2 aromatic rings. The SMILES string of the molecule is C[C@]12CC(=O)[C@H]3[C@@H](CC=C4C=C(C(=O)O)CC[C@@]43C)[C@@H]1CC[C@@H]2C(=O)NC(c1ccccc1)c1ccccc1. The van der Waals surface area contributed by atoms with E-state index in [0.717, 1.165) is 36.0 Å². The van der Waals surface area contributed by atoms with Crippen LogP contribution in [0.15, 0.2) is 84.0 Å². The van der Waals surface area contributed by atoms with Gasteiger partial charge in [-0.1, -0.05) is 80.6 Å². The van der Waals surface area contributed by atoms with Crippen molar-refractivity contribution in [3.8, 4) is 0 Å². The minimum Gasteiger partial charge on any atom is -0.478 e. The molecule has 0 unspecified atom stereocenters. The molecule has 202 valence electrons. The zero-order valence-electron chi connectivity index (χ0n) is 22.7. The van der Waals surface area contributed by atoms with Crippen LogP contribution in [0.25, 0.3) is 0 Å². The van der Waals surface area contributed by atoms with Crippen LogP contribution in [0, 0.1) is 34.5 Å². The third-order valence-electron chi connectivity index (χ3n) is 10.6. The maximum atomic E-state index is 14.0. The molecule has 2 N–H and O–H groups in total. The molecule has 2 aromatic carbocycles. The summed E-state index contributed by atoms with van der Waals surface area (Å²) in [7, 11) is 0. The van der Waals surface area contributed by atoms with Gasteiger partial charge < -0.3 is 10.4 Å². The van der Waals surface area contributed by atoms with E-state index in [1.54, 1.807) is 0 Å². The number of ketones is 1. The van der Waals surface area contributed by atoms with Crippen LogP contribution >= 0.6 is 0 Å². The summed E-state index contributed by atoms with van der Waals surface area (Å²) in [6, 6.07) is 19.9. The van der Waals surface area contributed by atoms with Crippen molar-refractivity contribution in [3.63, 3.8) is 0 Å². The van der Waals surface area contributed by atoms with E-state index in [0.29, 0.717) is 30.8 Å². The first-order valence-corrected chi connectivity index (χ1v) is 14.3. The Balaban J connectivity index is 1.28. The summed E-state index contributed by atoms with van der Waals surface area (Å²) >= 11 is 0. The van der Waals surface area contributed by atoms with E-state index < -0.39 is 5.97 Å². The Hall–Kier alpha value is -3.47. The maximum absolute atomic E-state index is 14.0. The van der Waals surface area contributed by atoms with Gasteiger partial charge in [0.1, 0.15) is 5.78 Å². The molecule has 2 saturated carbocycles. The monoisotopic (exact) mass is 523 g/mol. The predicted octanol–water partition coefficient (Wildman–Crippen LogP) is 6.27. The Morgan fingerprint density at radius 3 is 2.23 bits per heavy atom. The second-order valence-electron chi connectivity index (χ2n) is 12.6. The summed E-state index contributed by atoms with van der Waals surface area (Å²) in [5, 5.41) is 12.9. The average molecular weight is 524 g/mol. The third-order valence-corrected chi connectivity index (χ3v) is 10.6. The fourth-order valence-corrected chi connectivity index (χ4v) is 8.65. The van der Waals surface area contributed by atoms with E-state index in [9.17, 15) is 19.5 Å². The summed E-state index contributed by atoms with van der Waals surface area (Å²) in [4.78, 5) is 39.6. The van der Waals surface area contributed by atoms with Gasteiger partial charge in [0.15, 0.2) is 0 Å². The number of nitrogens with one attached hydrogen (secondary N) is 1. The second-order valence-corrected chi connectivity index (χ2v) is 12.6. The molecule has 6 atom stereocenters. The van der Waals surface area contributed by atoms with Gasteiger partial charge in [-0.3, -0.25) is 9.59 Å². The van der Waals surface area contributed by atoms with Gasteiger partial charge >= 0.3 is 5.97 Å². The molecule has 39 heavy (non-hydrogen) atoms. The molecule has 4 aliphatic carbocycles. The van der Waals surface area contributed by atoms with Crippen LogP contribution in [0.4, 0.5) is 0 Å². The number of carbonyl (C=O) groups is 3. The van der Waals surface area contributed by atoms with Gasteiger partial charge in [-0.2, -0.15) is 0 Å². The van der Waals surface area contributed by atoms with Crippen molar-refractivity contribution >= 4 is 17.7 Å². The number of carbonyl (C=O) groups excluding carboxylic acids is 2. The number of aliphatic carboxylic acids is 1. The van der Waals surface area contributed by atoms with Crippen molar-refractivity contribution < 1.29 is 19.5 Å². The molecule has 6 rings (SSSR count). The van der Waals surface area contributed by atoms with Crippen LogP contribution in [-0.2, 0) is 14.4 Å². The van der Waals surface area contributed by atoms with Crippen LogP contribution in [0.2, 0.25) is 0 Å². The van der Waals surface area contributed by atoms with Crippen molar-refractivity contribution in [3.05, 3.63) is 95.1 Å². The molecule has 2 fully saturated rings. The normalized spacial score (nSPS) is 33.4. The molecule has 0 heterocycles. The third kappa shape index (κ3) is 4.18. The van der Waals surface area contributed by atoms with Crippen molar-refractivity contribution in [1.29, 1.82) is 0 Å². The smallest absolute Gasteiger partial charge is 0.331 e. The number of benzene rings is 2. The highest BCUT2D eigenvalue weighted by Gasteiger charge is 2.62. The molecule has 0 aliphatic heterocycles. The average Bonchev–Trinajstić information content (AvgIpc) is 3.28. The quantitative estimate of drug-likeness (QED) is 0.484. The van der Waals surface area contributed by atoms with E-state index in [-0.39, 0.29) is 46.3 Å². The van der Waals surface area contributed by atoms with Gasteiger partial charge in [0.2, 0.25) is 5.91 Å². The van der Waals surface area contributed by atoms with Crippen LogP contribution in [-0.4, -0.2) is 22.8 Å². The lowest BCUT2D eigenvalue weighted by atomic mass is 9.47. The van der Waals surface area contributed by atoms with Gasteiger partial charge in [-0.15, -0.1) is 0 Å². The summed E-state index contributed by atoms with van der Waals surface area (Å²) < 4.78 is 0. The second kappa shape index (κ2) is 9.62. The van der Waals surface area contributed by atoms with Gasteiger partial charge in [0.25, 0.3) is 0 Å². The lowest BCUT2D eigenvalue weighted by molar-refractivity contribution is -0.146. The van der Waals surface area contributed by atoms with Crippen molar-refractivity contribution in [2.45, 2.75) is 58.4 Å². The lowest BCUT2D eigenvalue weighted by Gasteiger charge is -2.55. The molecule has 5 heteroatoms. The number of fused-ring (bicyclic) bond motifs is 5. The van der Waals surface area contributed by atoms with E-state index in [2.05, 4.69) is 25.2 Å². The van der Waals surface area contributed by atoms with Crippen LogP contribution in [0.3, 0.4) is 0 Å². The summed E-state index contributed by atoms with van der Waals surface area (Å²) in [5.41, 5.74) is 2.84. The highest BCUT2D eigenvalue weighted by Crippen LogP contribution is 2.65. The number of carboxylic acid groups (broad SMARTS) is 1. The van der Waals surface area contributed by atoms with Crippen molar-refractivity contribution in [2.75, 3.05) is 0 Å². The summed E-state index contributed by atoms with van der Waals surface area (Å²) in [5.74, 6) is -0.411. The maximum Gasteiger partial charge on any atom is 0.331 e. The Morgan fingerprint density at radius 1 is 0.974 bits per heavy atom. The molecule has 1 amide bonds.